The van der Waals surface area contributed by atoms with Gasteiger partial charge in [-0.15, -0.1) is 0 Å². The van der Waals surface area contributed by atoms with Crippen LogP contribution in [0.2, 0.25) is 0 Å². The molecule has 0 aliphatic carbocycles. The maximum atomic E-state index is 13.4. The molecule has 166 valence electrons. The molecule has 3 aromatic rings. The zero-order valence-corrected chi connectivity index (χ0v) is 17.5. The van der Waals surface area contributed by atoms with Gasteiger partial charge in [0.05, 0.1) is 23.1 Å². The first-order chi connectivity index (χ1) is 15.2. The summed E-state index contributed by atoms with van der Waals surface area (Å²) < 4.78 is 63.8. The number of esters is 1. The first-order valence-corrected chi connectivity index (χ1v) is 10.6. The highest BCUT2D eigenvalue weighted by Crippen LogP contribution is 2.21. The summed E-state index contributed by atoms with van der Waals surface area (Å²) in [6, 6.07) is 13.0. The van der Waals surface area contributed by atoms with Crippen LogP contribution in [0, 0.1) is 11.6 Å². The summed E-state index contributed by atoms with van der Waals surface area (Å²) in [6.45, 7) is -0.705. The van der Waals surface area contributed by atoms with Gasteiger partial charge in [-0.3, -0.25) is 9.52 Å². The average molecular weight is 461 g/mol. The molecule has 0 aliphatic rings. The van der Waals surface area contributed by atoms with Crippen molar-refractivity contribution in [3.05, 3.63) is 89.5 Å². The van der Waals surface area contributed by atoms with E-state index in [1.807, 2.05) is 0 Å². The monoisotopic (exact) mass is 461 g/mol. The van der Waals surface area contributed by atoms with Crippen LogP contribution in [0.3, 0.4) is 0 Å². The summed E-state index contributed by atoms with van der Waals surface area (Å²) >= 11 is 0. The van der Waals surface area contributed by atoms with Gasteiger partial charge < -0.3 is 9.47 Å². The van der Waals surface area contributed by atoms with Crippen molar-refractivity contribution >= 4 is 27.5 Å². The molecule has 0 bridgehead atoms. The van der Waals surface area contributed by atoms with Crippen LogP contribution in [0.25, 0.3) is 0 Å². The van der Waals surface area contributed by atoms with E-state index in [4.69, 9.17) is 9.47 Å². The number of nitrogens with one attached hydrogen (secondary N) is 1. The van der Waals surface area contributed by atoms with E-state index in [0.717, 1.165) is 30.3 Å². The highest BCUT2D eigenvalue weighted by atomic mass is 32.2. The number of ether oxygens (including phenoxy) is 2. The van der Waals surface area contributed by atoms with E-state index in [1.54, 1.807) is 0 Å². The molecule has 7 nitrogen and oxygen atoms in total. The van der Waals surface area contributed by atoms with E-state index >= 15 is 0 Å². The molecule has 3 rings (SSSR count). The van der Waals surface area contributed by atoms with Crippen molar-refractivity contribution in [2.45, 2.75) is 4.90 Å². The zero-order valence-electron chi connectivity index (χ0n) is 16.7. The van der Waals surface area contributed by atoms with Crippen molar-refractivity contribution in [2.75, 3.05) is 18.4 Å². The summed E-state index contributed by atoms with van der Waals surface area (Å²) in [4.78, 5) is 24.4. The molecule has 0 aliphatic heterocycles. The van der Waals surface area contributed by atoms with E-state index in [9.17, 15) is 26.8 Å². The molecule has 1 N–H and O–H groups in total. The quantitative estimate of drug-likeness (QED) is 0.405. The summed E-state index contributed by atoms with van der Waals surface area (Å²) in [5, 5.41) is 0. The molecule has 3 aromatic carbocycles. The Bertz CT molecular complexity index is 1260. The number of ketones is 1. The molecule has 0 unspecified atom stereocenters. The lowest BCUT2D eigenvalue weighted by Crippen LogP contribution is -2.17. The van der Waals surface area contributed by atoms with E-state index in [2.05, 4.69) is 4.72 Å². The molecule has 0 atom stereocenters. The Balaban J connectivity index is 1.72. The number of carbonyl (C=O) groups excluding carboxylic acids is 2. The van der Waals surface area contributed by atoms with E-state index in [1.165, 1.54) is 43.5 Å². The molecular formula is C22H17F2NO6S. The van der Waals surface area contributed by atoms with Gasteiger partial charge in [0.15, 0.2) is 6.61 Å². The minimum Gasteiger partial charge on any atom is -0.496 e. The van der Waals surface area contributed by atoms with E-state index in [-0.39, 0.29) is 27.5 Å². The van der Waals surface area contributed by atoms with Gasteiger partial charge in [0.25, 0.3) is 10.0 Å². The highest BCUT2D eigenvalue weighted by molar-refractivity contribution is 7.92. The minimum absolute atomic E-state index is 0.0971. The lowest BCUT2D eigenvalue weighted by atomic mass is 10.1. The van der Waals surface area contributed by atoms with Crippen LogP contribution in [0.1, 0.15) is 20.7 Å². The molecule has 0 heterocycles. The molecule has 32 heavy (non-hydrogen) atoms. The van der Waals surface area contributed by atoms with Crippen LogP contribution >= 0.6 is 0 Å². The van der Waals surface area contributed by atoms with Crippen LogP contribution in [-0.4, -0.2) is 33.9 Å². The fourth-order valence-electron chi connectivity index (χ4n) is 2.71. The third-order valence-electron chi connectivity index (χ3n) is 4.27. The summed E-state index contributed by atoms with van der Waals surface area (Å²) in [5.74, 6) is -2.72. The van der Waals surface area contributed by atoms with Gasteiger partial charge in [0.1, 0.15) is 17.4 Å². The predicted octanol–water partition coefficient (Wildman–Crippen LogP) is 3.81. The van der Waals surface area contributed by atoms with Gasteiger partial charge in [0.2, 0.25) is 5.78 Å². The number of anilines is 1. The molecule has 0 spiro atoms. The van der Waals surface area contributed by atoms with Crippen molar-refractivity contribution in [3.63, 3.8) is 0 Å². The molecule has 0 radical (unpaired) electrons. The van der Waals surface area contributed by atoms with Crippen molar-refractivity contribution in [2.24, 2.45) is 0 Å². The largest absolute Gasteiger partial charge is 0.496 e. The van der Waals surface area contributed by atoms with Gasteiger partial charge in [-0.1, -0.05) is 6.07 Å². The van der Waals surface area contributed by atoms with Crippen molar-refractivity contribution in [1.29, 1.82) is 0 Å². The Morgan fingerprint density at radius 2 is 1.62 bits per heavy atom. The lowest BCUT2D eigenvalue weighted by molar-refractivity contribution is 0.0473. The molecule has 10 heteroatoms. The van der Waals surface area contributed by atoms with Crippen molar-refractivity contribution < 1.29 is 36.3 Å². The molecular weight excluding hydrogens is 444 g/mol. The number of rotatable bonds is 8. The standard InChI is InChI=1S/C22H17F2NO6S/c1-30-21-10-7-16(24)12-19(21)20(26)13-31-22(27)14-3-2-4-18(11-14)32(28,29)25-17-8-5-15(23)6-9-17/h2-12,25H,13H2,1H3. The Hall–Kier alpha value is -3.79. The number of benzene rings is 3. The molecule has 0 saturated carbocycles. The maximum absolute atomic E-state index is 13.4. The van der Waals surface area contributed by atoms with Crippen molar-refractivity contribution in [3.8, 4) is 5.75 Å². The topological polar surface area (TPSA) is 98.8 Å². The molecule has 0 fully saturated rings. The van der Waals surface area contributed by atoms with Gasteiger partial charge in [-0.05, 0) is 60.7 Å². The second-order valence-corrected chi connectivity index (χ2v) is 8.17. The summed E-state index contributed by atoms with van der Waals surface area (Å²) in [6.07, 6.45) is 0. The Kier molecular flexibility index (Phi) is 6.84. The minimum atomic E-state index is -4.08. The maximum Gasteiger partial charge on any atom is 0.338 e. The third-order valence-corrected chi connectivity index (χ3v) is 5.65. The van der Waals surface area contributed by atoms with E-state index < -0.39 is 40.0 Å². The number of sulfonamides is 1. The smallest absolute Gasteiger partial charge is 0.338 e. The van der Waals surface area contributed by atoms with Crippen LogP contribution in [-0.2, 0) is 14.8 Å². The van der Waals surface area contributed by atoms with E-state index in [0.29, 0.717) is 0 Å². The normalized spacial score (nSPS) is 11.0. The van der Waals surface area contributed by atoms with Crippen LogP contribution in [0.15, 0.2) is 71.6 Å². The third kappa shape index (κ3) is 5.46. The number of hydrogen-bond acceptors (Lipinski definition) is 6. The molecule has 0 amide bonds. The highest BCUT2D eigenvalue weighted by Gasteiger charge is 2.19. The molecule has 0 aromatic heterocycles. The number of Topliss-reactive ketones (excluding diaryl/α,β-unsaturated/α-hetero) is 1. The fourth-order valence-corrected chi connectivity index (χ4v) is 3.82. The molecule has 0 saturated heterocycles. The fraction of sp³-hybridized carbons (Fsp3) is 0.0909. The number of methoxy groups -OCH3 is 1. The summed E-state index contributed by atoms with van der Waals surface area (Å²) in [7, 11) is -2.77. The first kappa shape index (κ1) is 22.9. The zero-order chi connectivity index (χ0) is 23.3. The Morgan fingerprint density at radius 1 is 0.938 bits per heavy atom. The van der Waals surface area contributed by atoms with Gasteiger partial charge in [-0.2, -0.15) is 0 Å². The van der Waals surface area contributed by atoms with Gasteiger partial charge in [0, 0.05) is 5.69 Å². The SMILES string of the molecule is COc1ccc(F)cc1C(=O)COC(=O)c1cccc(S(=O)(=O)Nc2ccc(F)cc2)c1. The first-order valence-electron chi connectivity index (χ1n) is 9.12. The summed E-state index contributed by atoms with van der Waals surface area (Å²) in [5.41, 5.74) is -0.0832. The Labute approximate surface area is 182 Å². The second-order valence-electron chi connectivity index (χ2n) is 6.48. The number of carbonyl (C=O) groups is 2. The number of hydrogen-bond donors (Lipinski definition) is 1. The predicted molar refractivity (Wildman–Crippen MR) is 111 cm³/mol. The lowest BCUT2D eigenvalue weighted by Gasteiger charge is -2.10. The second kappa shape index (κ2) is 9.56. The number of halogens is 2. The van der Waals surface area contributed by atoms with Crippen LogP contribution in [0.5, 0.6) is 5.75 Å². The van der Waals surface area contributed by atoms with Gasteiger partial charge >= 0.3 is 5.97 Å². The van der Waals surface area contributed by atoms with Crippen LogP contribution < -0.4 is 9.46 Å². The van der Waals surface area contributed by atoms with Crippen LogP contribution in [0.4, 0.5) is 14.5 Å². The average Bonchev–Trinajstić information content (AvgIpc) is 2.78. The van der Waals surface area contributed by atoms with Crippen molar-refractivity contribution in [1.82, 2.24) is 0 Å². The Morgan fingerprint density at radius 3 is 2.31 bits per heavy atom. The van der Waals surface area contributed by atoms with Gasteiger partial charge in [-0.25, -0.2) is 22.0 Å².